The van der Waals surface area contributed by atoms with Gasteiger partial charge in [-0.2, -0.15) is 0 Å². The number of hydrogen-bond acceptors (Lipinski definition) is 4. The summed E-state index contributed by atoms with van der Waals surface area (Å²) in [5, 5.41) is 3.38. The van der Waals surface area contributed by atoms with Crippen LogP contribution in [0, 0.1) is 0 Å². The van der Waals surface area contributed by atoms with Crippen molar-refractivity contribution in [3.63, 3.8) is 0 Å². The minimum absolute atomic E-state index is 0.179. The minimum atomic E-state index is 0.179. The molecule has 4 nitrogen and oxygen atoms in total. The molecule has 2 aromatic rings. The summed E-state index contributed by atoms with van der Waals surface area (Å²) in [6.45, 7) is 7.63. The van der Waals surface area contributed by atoms with Gasteiger partial charge in [-0.1, -0.05) is 25.1 Å². The lowest BCUT2D eigenvalue weighted by atomic mass is 10.1. The van der Waals surface area contributed by atoms with Gasteiger partial charge in [0, 0.05) is 17.8 Å². The fourth-order valence-corrected chi connectivity index (χ4v) is 2.15. The quantitative estimate of drug-likeness (QED) is 0.837. The summed E-state index contributed by atoms with van der Waals surface area (Å²) in [5.41, 5.74) is 1.03. The number of aromatic nitrogens is 1. The summed E-state index contributed by atoms with van der Waals surface area (Å²) in [5.74, 6) is 2.02. The molecular formula is C17H22N2O2. The van der Waals surface area contributed by atoms with E-state index in [1.807, 2.05) is 43.3 Å². The zero-order valence-electron chi connectivity index (χ0n) is 12.8. The van der Waals surface area contributed by atoms with Gasteiger partial charge < -0.3 is 14.8 Å². The summed E-state index contributed by atoms with van der Waals surface area (Å²) in [6, 6.07) is 11.8. The van der Waals surface area contributed by atoms with Crippen molar-refractivity contribution in [2.24, 2.45) is 0 Å². The predicted molar refractivity (Wildman–Crippen MR) is 84.0 cm³/mol. The molecule has 0 saturated carbocycles. The maximum Gasteiger partial charge on any atom is 0.224 e. The van der Waals surface area contributed by atoms with E-state index in [0.717, 1.165) is 17.9 Å². The number of nitrogens with one attached hydrogen (secondary N) is 1. The highest BCUT2D eigenvalue weighted by Gasteiger charge is 2.14. The Morgan fingerprint density at radius 2 is 1.86 bits per heavy atom. The van der Waals surface area contributed by atoms with Crippen LogP contribution in [0.5, 0.6) is 17.4 Å². The van der Waals surface area contributed by atoms with Gasteiger partial charge in [-0.25, -0.2) is 4.98 Å². The smallest absolute Gasteiger partial charge is 0.224 e. The van der Waals surface area contributed by atoms with Crippen LogP contribution in [0.15, 0.2) is 42.6 Å². The number of rotatable bonds is 7. The van der Waals surface area contributed by atoms with Crippen LogP contribution in [0.2, 0.25) is 0 Å². The third kappa shape index (κ3) is 3.95. The highest BCUT2D eigenvalue weighted by Crippen LogP contribution is 2.33. The molecule has 1 aromatic heterocycles. The minimum Gasteiger partial charge on any atom is -0.490 e. The molecular weight excluding hydrogens is 264 g/mol. The van der Waals surface area contributed by atoms with Crippen LogP contribution in [0.3, 0.4) is 0 Å². The highest BCUT2D eigenvalue weighted by molar-refractivity contribution is 5.43. The van der Waals surface area contributed by atoms with Gasteiger partial charge in [-0.3, -0.25) is 0 Å². The molecule has 0 fully saturated rings. The van der Waals surface area contributed by atoms with E-state index >= 15 is 0 Å². The molecule has 1 heterocycles. The number of nitrogens with zero attached hydrogens (tertiary/aromatic N) is 1. The number of hydrogen-bond donors (Lipinski definition) is 1. The van der Waals surface area contributed by atoms with E-state index in [9.17, 15) is 0 Å². The first-order valence-corrected chi connectivity index (χ1v) is 7.34. The molecule has 1 atom stereocenters. The lowest BCUT2D eigenvalue weighted by Crippen LogP contribution is -2.18. The molecule has 112 valence electrons. The monoisotopic (exact) mass is 286 g/mol. The molecule has 21 heavy (non-hydrogen) atoms. The molecule has 1 unspecified atom stereocenters. The third-order valence-corrected chi connectivity index (χ3v) is 3.13. The maximum absolute atomic E-state index is 5.98. The predicted octanol–water partition coefficient (Wildman–Crippen LogP) is 3.94. The molecule has 0 aliphatic carbocycles. The van der Waals surface area contributed by atoms with E-state index in [-0.39, 0.29) is 6.04 Å². The lowest BCUT2D eigenvalue weighted by molar-refractivity contribution is 0.318. The van der Waals surface area contributed by atoms with E-state index in [1.54, 1.807) is 6.20 Å². The Balaban J connectivity index is 2.27. The summed E-state index contributed by atoms with van der Waals surface area (Å²) in [7, 11) is 0. The highest BCUT2D eigenvalue weighted by atomic mass is 16.5. The van der Waals surface area contributed by atoms with Gasteiger partial charge in [-0.05, 0) is 38.6 Å². The Morgan fingerprint density at radius 3 is 2.57 bits per heavy atom. The largest absolute Gasteiger partial charge is 0.490 e. The zero-order valence-corrected chi connectivity index (χ0v) is 12.8. The number of pyridine rings is 1. The topological polar surface area (TPSA) is 43.4 Å². The van der Waals surface area contributed by atoms with Crippen LogP contribution < -0.4 is 14.8 Å². The Kier molecular flexibility index (Phi) is 5.58. The molecule has 4 heteroatoms. The van der Waals surface area contributed by atoms with Crippen molar-refractivity contribution in [2.75, 3.05) is 13.2 Å². The number of para-hydroxylation sites is 2. The van der Waals surface area contributed by atoms with Gasteiger partial charge in [0.25, 0.3) is 0 Å². The average molecular weight is 286 g/mol. The third-order valence-electron chi connectivity index (χ3n) is 3.13. The Hall–Kier alpha value is -2.07. The first kappa shape index (κ1) is 15.3. The molecule has 1 aromatic carbocycles. The van der Waals surface area contributed by atoms with Crippen molar-refractivity contribution in [1.82, 2.24) is 10.3 Å². The van der Waals surface area contributed by atoms with Crippen molar-refractivity contribution in [3.05, 3.63) is 48.2 Å². The second-order valence-electron chi connectivity index (χ2n) is 4.66. The maximum atomic E-state index is 5.98. The molecule has 2 rings (SSSR count). The Morgan fingerprint density at radius 1 is 1.10 bits per heavy atom. The van der Waals surface area contributed by atoms with E-state index in [0.29, 0.717) is 18.2 Å². The van der Waals surface area contributed by atoms with E-state index in [2.05, 4.69) is 24.1 Å². The van der Waals surface area contributed by atoms with Crippen LogP contribution in [-0.4, -0.2) is 18.1 Å². The summed E-state index contributed by atoms with van der Waals surface area (Å²) < 4.78 is 11.6. The molecule has 0 spiro atoms. The van der Waals surface area contributed by atoms with Gasteiger partial charge in [0.2, 0.25) is 5.88 Å². The Bertz CT molecular complexity index is 572. The van der Waals surface area contributed by atoms with Crippen LogP contribution in [-0.2, 0) is 0 Å². The van der Waals surface area contributed by atoms with Crippen LogP contribution in [0.1, 0.15) is 32.4 Å². The molecule has 1 N–H and O–H groups in total. The van der Waals surface area contributed by atoms with E-state index < -0.39 is 0 Å². The fraction of sp³-hybridized carbons (Fsp3) is 0.353. The van der Waals surface area contributed by atoms with Crippen molar-refractivity contribution in [1.29, 1.82) is 0 Å². The van der Waals surface area contributed by atoms with Crippen LogP contribution in [0.25, 0.3) is 0 Å². The summed E-state index contributed by atoms with van der Waals surface area (Å²) in [4.78, 5) is 4.36. The van der Waals surface area contributed by atoms with Gasteiger partial charge in [0.1, 0.15) is 0 Å². The lowest BCUT2D eigenvalue weighted by Gasteiger charge is -2.17. The first-order valence-electron chi connectivity index (χ1n) is 7.34. The number of ether oxygens (including phenoxy) is 2. The standard InChI is InChI=1S/C17H22N2O2/c1-4-18-13(3)14-9-8-12-19-17(14)21-16-11-7-6-10-15(16)20-5-2/h6-13,18H,4-5H2,1-3H3. The van der Waals surface area contributed by atoms with Crippen molar-refractivity contribution >= 4 is 0 Å². The molecule has 0 bridgehead atoms. The fourth-order valence-electron chi connectivity index (χ4n) is 2.15. The van der Waals surface area contributed by atoms with E-state index in [4.69, 9.17) is 9.47 Å². The van der Waals surface area contributed by atoms with Gasteiger partial charge in [0.05, 0.1) is 6.61 Å². The molecule has 0 aliphatic heterocycles. The van der Waals surface area contributed by atoms with Crippen LogP contribution in [0.4, 0.5) is 0 Å². The van der Waals surface area contributed by atoms with Crippen LogP contribution >= 0.6 is 0 Å². The van der Waals surface area contributed by atoms with Gasteiger partial charge >= 0.3 is 0 Å². The summed E-state index contributed by atoms with van der Waals surface area (Å²) in [6.07, 6.45) is 1.74. The zero-order chi connectivity index (χ0) is 15.1. The SMILES string of the molecule is CCNC(C)c1cccnc1Oc1ccccc1OCC. The molecule has 0 amide bonds. The van der Waals surface area contributed by atoms with Gasteiger partial charge in [-0.15, -0.1) is 0 Å². The van der Waals surface area contributed by atoms with Crippen molar-refractivity contribution in [2.45, 2.75) is 26.8 Å². The normalized spacial score (nSPS) is 12.0. The molecule has 0 radical (unpaired) electrons. The summed E-state index contributed by atoms with van der Waals surface area (Å²) >= 11 is 0. The van der Waals surface area contributed by atoms with Crippen molar-refractivity contribution in [3.8, 4) is 17.4 Å². The van der Waals surface area contributed by atoms with Gasteiger partial charge in [0.15, 0.2) is 11.5 Å². The molecule has 0 saturated heterocycles. The Labute approximate surface area is 126 Å². The average Bonchev–Trinajstić information content (AvgIpc) is 2.50. The van der Waals surface area contributed by atoms with E-state index in [1.165, 1.54) is 0 Å². The second-order valence-corrected chi connectivity index (χ2v) is 4.66. The first-order chi connectivity index (χ1) is 10.3. The number of benzene rings is 1. The van der Waals surface area contributed by atoms with Crippen molar-refractivity contribution < 1.29 is 9.47 Å². The second kappa shape index (κ2) is 7.64. The molecule has 0 aliphatic rings.